The van der Waals surface area contributed by atoms with E-state index in [-0.39, 0.29) is 5.54 Å². The molecule has 3 nitrogen and oxygen atoms in total. The lowest BCUT2D eigenvalue weighted by molar-refractivity contribution is 0.550. The highest BCUT2D eigenvalue weighted by atomic mass is 15.3. The van der Waals surface area contributed by atoms with Gasteiger partial charge in [-0.15, -0.1) is 0 Å². The van der Waals surface area contributed by atoms with E-state index in [9.17, 15) is 0 Å². The minimum absolute atomic E-state index is 0.0553. The maximum absolute atomic E-state index is 6.22. The lowest BCUT2D eigenvalue weighted by Gasteiger charge is -2.11. The molecule has 2 N–H and O–H groups in total. The predicted molar refractivity (Wildman–Crippen MR) is 65.2 cm³/mol. The van der Waals surface area contributed by atoms with E-state index in [1.54, 1.807) is 0 Å². The van der Waals surface area contributed by atoms with Crippen LogP contribution in [0.25, 0.3) is 10.9 Å². The average Bonchev–Trinajstić information content (AvgIpc) is 2.87. The van der Waals surface area contributed by atoms with Gasteiger partial charge in [0.05, 0.1) is 11.7 Å². The van der Waals surface area contributed by atoms with Crippen molar-refractivity contribution in [3.63, 3.8) is 0 Å². The van der Waals surface area contributed by atoms with Gasteiger partial charge in [-0.2, -0.15) is 5.10 Å². The second-order valence-corrected chi connectivity index (χ2v) is 5.11. The zero-order chi connectivity index (χ0) is 11.3. The zero-order valence-electron chi connectivity index (χ0n) is 9.77. The summed E-state index contributed by atoms with van der Waals surface area (Å²) in [6.07, 6.45) is 4.14. The van der Waals surface area contributed by atoms with Crippen molar-refractivity contribution in [2.75, 3.05) is 0 Å². The Morgan fingerprint density at radius 2 is 2.12 bits per heavy atom. The molecule has 84 valence electrons. The summed E-state index contributed by atoms with van der Waals surface area (Å²) in [5.74, 6) is 0. The van der Waals surface area contributed by atoms with Crippen LogP contribution in [0, 0.1) is 0 Å². The quantitative estimate of drug-likeness (QED) is 0.836. The van der Waals surface area contributed by atoms with Crippen LogP contribution in [0.4, 0.5) is 0 Å². The Hall–Kier alpha value is -1.35. The fourth-order valence-corrected chi connectivity index (χ4v) is 2.18. The molecular formula is C13H17N3. The largest absolute Gasteiger partial charge is 0.321 e. The third-order valence-corrected chi connectivity index (χ3v) is 3.45. The first-order valence-corrected chi connectivity index (χ1v) is 5.87. The SMILES string of the molecule is CC(C)n1ncc2ccc(C3(N)CC3)cc21. The standard InChI is InChI=1S/C13H17N3/c1-9(2)16-12-7-11(13(14)5-6-13)4-3-10(12)8-15-16/h3-4,7-9H,5-6,14H2,1-2H3. The predicted octanol–water partition coefficient (Wildman–Crippen LogP) is 2.57. The lowest BCUT2D eigenvalue weighted by Crippen LogP contribution is -2.18. The van der Waals surface area contributed by atoms with E-state index in [1.165, 1.54) is 16.5 Å². The van der Waals surface area contributed by atoms with Crippen molar-refractivity contribution in [2.45, 2.75) is 38.3 Å². The second kappa shape index (κ2) is 3.08. The molecule has 0 bridgehead atoms. The fourth-order valence-electron chi connectivity index (χ4n) is 2.18. The van der Waals surface area contributed by atoms with Crippen molar-refractivity contribution >= 4 is 10.9 Å². The summed E-state index contributed by atoms with van der Waals surface area (Å²) in [6.45, 7) is 4.29. The van der Waals surface area contributed by atoms with Gasteiger partial charge in [0.2, 0.25) is 0 Å². The van der Waals surface area contributed by atoms with Crippen LogP contribution < -0.4 is 5.73 Å². The maximum atomic E-state index is 6.22. The van der Waals surface area contributed by atoms with Crippen molar-refractivity contribution in [3.8, 4) is 0 Å². The molecule has 0 radical (unpaired) electrons. The number of benzene rings is 1. The first kappa shape index (κ1) is 9.85. The number of hydrogen-bond donors (Lipinski definition) is 1. The van der Waals surface area contributed by atoms with Crippen LogP contribution >= 0.6 is 0 Å². The monoisotopic (exact) mass is 215 g/mol. The van der Waals surface area contributed by atoms with Gasteiger partial charge in [0.1, 0.15) is 0 Å². The van der Waals surface area contributed by atoms with Crippen LogP contribution in [-0.4, -0.2) is 9.78 Å². The molecule has 0 atom stereocenters. The molecule has 3 rings (SSSR count). The maximum Gasteiger partial charge on any atom is 0.0688 e. The molecule has 2 aromatic rings. The Kier molecular flexibility index (Phi) is 1.89. The Morgan fingerprint density at radius 1 is 1.38 bits per heavy atom. The first-order chi connectivity index (χ1) is 7.60. The highest BCUT2D eigenvalue weighted by Crippen LogP contribution is 2.43. The molecule has 1 aliphatic rings. The van der Waals surface area contributed by atoms with Crippen LogP contribution in [0.1, 0.15) is 38.3 Å². The fraction of sp³-hybridized carbons (Fsp3) is 0.462. The number of nitrogens with zero attached hydrogens (tertiary/aromatic N) is 2. The van der Waals surface area contributed by atoms with Crippen LogP contribution in [0.2, 0.25) is 0 Å². The Bertz CT molecular complexity index is 535. The molecule has 1 saturated carbocycles. The van der Waals surface area contributed by atoms with E-state index >= 15 is 0 Å². The van der Waals surface area contributed by atoms with E-state index in [4.69, 9.17) is 5.73 Å². The Morgan fingerprint density at radius 3 is 2.75 bits per heavy atom. The number of fused-ring (bicyclic) bond motifs is 1. The molecule has 1 aromatic heterocycles. The molecule has 3 heteroatoms. The molecule has 0 aliphatic heterocycles. The van der Waals surface area contributed by atoms with E-state index in [0.717, 1.165) is 12.8 Å². The number of hydrogen-bond acceptors (Lipinski definition) is 2. The topological polar surface area (TPSA) is 43.8 Å². The summed E-state index contributed by atoms with van der Waals surface area (Å²) in [6, 6.07) is 6.86. The second-order valence-electron chi connectivity index (χ2n) is 5.11. The molecule has 1 aromatic carbocycles. The summed E-state index contributed by atoms with van der Waals surface area (Å²) in [4.78, 5) is 0. The van der Waals surface area contributed by atoms with Gasteiger partial charge in [-0.3, -0.25) is 4.68 Å². The molecule has 1 fully saturated rings. The van der Waals surface area contributed by atoms with E-state index in [1.807, 2.05) is 6.20 Å². The smallest absolute Gasteiger partial charge is 0.0688 e. The molecule has 0 amide bonds. The summed E-state index contributed by atoms with van der Waals surface area (Å²) in [7, 11) is 0. The van der Waals surface area contributed by atoms with E-state index in [0.29, 0.717) is 6.04 Å². The summed E-state index contributed by atoms with van der Waals surface area (Å²) < 4.78 is 2.06. The minimum atomic E-state index is -0.0553. The molecule has 0 saturated heterocycles. The molecule has 1 heterocycles. The molecule has 16 heavy (non-hydrogen) atoms. The normalized spacial score (nSPS) is 18.2. The van der Waals surface area contributed by atoms with Gasteiger partial charge in [0.15, 0.2) is 0 Å². The molecular weight excluding hydrogens is 198 g/mol. The highest BCUT2D eigenvalue weighted by molar-refractivity contribution is 5.79. The van der Waals surface area contributed by atoms with Crippen LogP contribution in [0.15, 0.2) is 24.4 Å². The molecule has 0 spiro atoms. The Balaban J connectivity index is 2.18. The van der Waals surface area contributed by atoms with Crippen LogP contribution in [0.3, 0.4) is 0 Å². The Labute approximate surface area is 95.2 Å². The summed E-state index contributed by atoms with van der Waals surface area (Å²) in [5, 5.41) is 5.61. The lowest BCUT2D eigenvalue weighted by atomic mass is 10.0. The number of nitrogens with two attached hydrogens (primary N) is 1. The van der Waals surface area contributed by atoms with Gasteiger partial charge in [-0.1, -0.05) is 12.1 Å². The van der Waals surface area contributed by atoms with Gasteiger partial charge in [0.25, 0.3) is 0 Å². The van der Waals surface area contributed by atoms with Gasteiger partial charge in [0, 0.05) is 17.0 Å². The van der Waals surface area contributed by atoms with Gasteiger partial charge >= 0.3 is 0 Å². The van der Waals surface area contributed by atoms with Crippen molar-refractivity contribution in [3.05, 3.63) is 30.0 Å². The highest BCUT2D eigenvalue weighted by Gasteiger charge is 2.40. The van der Waals surface area contributed by atoms with E-state index < -0.39 is 0 Å². The van der Waals surface area contributed by atoms with Crippen molar-refractivity contribution < 1.29 is 0 Å². The third-order valence-electron chi connectivity index (χ3n) is 3.45. The first-order valence-electron chi connectivity index (χ1n) is 5.87. The molecule has 0 unspecified atom stereocenters. The van der Waals surface area contributed by atoms with Crippen molar-refractivity contribution in [1.82, 2.24) is 9.78 Å². The van der Waals surface area contributed by atoms with Crippen molar-refractivity contribution in [2.24, 2.45) is 5.73 Å². The average molecular weight is 215 g/mol. The molecule has 1 aliphatic carbocycles. The number of aromatic nitrogens is 2. The van der Waals surface area contributed by atoms with Gasteiger partial charge in [-0.25, -0.2) is 0 Å². The van der Waals surface area contributed by atoms with Gasteiger partial charge < -0.3 is 5.73 Å². The van der Waals surface area contributed by atoms with E-state index in [2.05, 4.69) is 41.8 Å². The van der Waals surface area contributed by atoms with Gasteiger partial charge in [-0.05, 0) is 38.3 Å². The number of rotatable bonds is 2. The summed E-state index contributed by atoms with van der Waals surface area (Å²) >= 11 is 0. The minimum Gasteiger partial charge on any atom is -0.321 e. The summed E-state index contributed by atoms with van der Waals surface area (Å²) in [5.41, 5.74) is 8.62. The van der Waals surface area contributed by atoms with Crippen molar-refractivity contribution in [1.29, 1.82) is 0 Å². The zero-order valence-corrected chi connectivity index (χ0v) is 9.77. The van der Waals surface area contributed by atoms with Crippen LogP contribution in [0.5, 0.6) is 0 Å². The third kappa shape index (κ3) is 1.35. The van der Waals surface area contributed by atoms with Crippen LogP contribution in [-0.2, 0) is 5.54 Å².